The molecular formula is C15H12BrF2NO2. The molecule has 110 valence electrons. The number of hydrogen-bond donors (Lipinski definition) is 1. The van der Waals surface area contributed by atoms with Crippen LogP contribution in [0.3, 0.4) is 0 Å². The number of benzene rings is 2. The summed E-state index contributed by atoms with van der Waals surface area (Å²) in [6.45, 7) is 1.35. The highest BCUT2D eigenvalue weighted by atomic mass is 79.9. The molecule has 0 aliphatic carbocycles. The van der Waals surface area contributed by atoms with Gasteiger partial charge in [-0.05, 0) is 51.8 Å². The number of anilines is 1. The molecule has 21 heavy (non-hydrogen) atoms. The maximum atomic E-state index is 13.5. The van der Waals surface area contributed by atoms with Gasteiger partial charge < -0.3 is 14.8 Å². The van der Waals surface area contributed by atoms with Gasteiger partial charge in [0.1, 0.15) is 24.8 Å². The molecule has 0 atom stereocenters. The fourth-order valence-corrected chi connectivity index (χ4v) is 2.70. The van der Waals surface area contributed by atoms with Crippen LogP contribution in [0.4, 0.5) is 14.5 Å². The fourth-order valence-electron chi connectivity index (χ4n) is 2.10. The van der Waals surface area contributed by atoms with Crippen LogP contribution in [0.2, 0.25) is 0 Å². The molecule has 0 bridgehead atoms. The maximum absolute atomic E-state index is 13.5. The van der Waals surface area contributed by atoms with Crippen LogP contribution >= 0.6 is 15.9 Å². The van der Waals surface area contributed by atoms with E-state index in [0.717, 1.165) is 28.2 Å². The lowest BCUT2D eigenvalue weighted by atomic mass is 10.2. The fraction of sp³-hybridized carbons (Fsp3) is 0.200. The minimum absolute atomic E-state index is 0.126. The first-order valence-corrected chi connectivity index (χ1v) is 7.20. The lowest BCUT2D eigenvalue weighted by molar-refractivity contribution is 0.170. The average Bonchev–Trinajstić information content (AvgIpc) is 2.48. The molecule has 1 aliphatic heterocycles. The zero-order valence-electron chi connectivity index (χ0n) is 11.0. The Kier molecular flexibility index (Phi) is 3.96. The van der Waals surface area contributed by atoms with Crippen LogP contribution in [0.5, 0.6) is 11.5 Å². The number of rotatable bonds is 3. The molecule has 0 aromatic heterocycles. The molecule has 0 radical (unpaired) electrons. The first kappa shape index (κ1) is 14.1. The molecule has 0 amide bonds. The molecule has 0 fully saturated rings. The normalized spacial score (nSPS) is 13.1. The van der Waals surface area contributed by atoms with Gasteiger partial charge in [-0.2, -0.15) is 0 Å². The summed E-state index contributed by atoms with van der Waals surface area (Å²) in [5.74, 6) is 0.337. The van der Waals surface area contributed by atoms with Crippen molar-refractivity contribution >= 4 is 21.6 Å². The summed E-state index contributed by atoms with van der Waals surface area (Å²) in [5, 5.41) is 2.87. The maximum Gasteiger partial charge on any atom is 0.175 e. The average molecular weight is 356 g/mol. The van der Waals surface area contributed by atoms with Gasteiger partial charge in [0.05, 0.1) is 10.2 Å². The third-order valence-corrected chi connectivity index (χ3v) is 3.66. The second kappa shape index (κ2) is 5.89. The van der Waals surface area contributed by atoms with Crippen molar-refractivity contribution in [2.24, 2.45) is 0 Å². The molecule has 0 unspecified atom stereocenters. The van der Waals surface area contributed by atoms with Crippen molar-refractivity contribution < 1.29 is 18.3 Å². The summed E-state index contributed by atoms with van der Waals surface area (Å²) in [7, 11) is 0. The summed E-state index contributed by atoms with van der Waals surface area (Å²) in [6, 6.07) is 6.99. The van der Waals surface area contributed by atoms with Crippen molar-refractivity contribution in [3.05, 3.63) is 52.0 Å². The molecule has 2 aromatic carbocycles. The molecule has 2 aromatic rings. The predicted octanol–water partition coefficient (Wildman–Crippen LogP) is 4.11. The number of hydrogen-bond acceptors (Lipinski definition) is 3. The molecule has 3 rings (SSSR count). The van der Waals surface area contributed by atoms with Crippen LogP contribution < -0.4 is 14.8 Å². The summed E-state index contributed by atoms with van der Waals surface area (Å²) in [5.41, 5.74) is 0.996. The van der Waals surface area contributed by atoms with Crippen LogP contribution in [0.25, 0.3) is 0 Å². The number of nitrogens with one attached hydrogen (secondary N) is 1. The van der Waals surface area contributed by atoms with Gasteiger partial charge in [0.25, 0.3) is 0 Å². The molecular weight excluding hydrogens is 344 g/mol. The SMILES string of the molecule is Fc1ccc(F)c(NCc2cc(Br)c3c(c2)OCCO3)c1. The second-order valence-electron chi connectivity index (χ2n) is 4.58. The van der Waals surface area contributed by atoms with E-state index in [4.69, 9.17) is 9.47 Å². The Morgan fingerprint density at radius 1 is 1.10 bits per heavy atom. The van der Waals surface area contributed by atoms with E-state index in [0.29, 0.717) is 31.3 Å². The monoisotopic (exact) mass is 355 g/mol. The first-order chi connectivity index (χ1) is 10.1. The van der Waals surface area contributed by atoms with Crippen molar-refractivity contribution in [3.8, 4) is 11.5 Å². The van der Waals surface area contributed by atoms with E-state index in [-0.39, 0.29) is 5.69 Å². The number of halogens is 3. The molecule has 1 aliphatic rings. The van der Waals surface area contributed by atoms with Crippen molar-refractivity contribution in [2.75, 3.05) is 18.5 Å². The zero-order valence-corrected chi connectivity index (χ0v) is 12.5. The zero-order chi connectivity index (χ0) is 14.8. The first-order valence-electron chi connectivity index (χ1n) is 6.40. The van der Waals surface area contributed by atoms with Gasteiger partial charge in [-0.3, -0.25) is 0 Å². The van der Waals surface area contributed by atoms with E-state index in [1.54, 1.807) is 0 Å². The van der Waals surface area contributed by atoms with Crippen molar-refractivity contribution in [1.82, 2.24) is 0 Å². The highest BCUT2D eigenvalue weighted by molar-refractivity contribution is 9.10. The Bertz CT molecular complexity index is 679. The van der Waals surface area contributed by atoms with E-state index >= 15 is 0 Å². The molecule has 3 nitrogen and oxygen atoms in total. The van der Waals surface area contributed by atoms with E-state index in [9.17, 15) is 8.78 Å². The number of fused-ring (bicyclic) bond motifs is 1. The van der Waals surface area contributed by atoms with E-state index < -0.39 is 11.6 Å². The van der Waals surface area contributed by atoms with Crippen LogP contribution in [-0.4, -0.2) is 13.2 Å². The van der Waals surface area contributed by atoms with Gasteiger partial charge in [-0.25, -0.2) is 8.78 Å². The van der Waals surface area contributed by atoms with Gasteiger partial charge >= 0.3 is 0 Å². The van der Waals surface area contributed by atoms with Crippen molar-refractivity contribution in [2.45, 2.75) is 6.54 Å². The Morgan fingerprint density at radius 2 is 1.90 bits per heavy atom. The van der Waals surface area contributed by atoms with E-state index in [1.165, 1.54) is 0 Å². The molecule has 6 heteroatoms. The second-order valence-corrected chi connectivity index (χ2v) is 5.43. The van der Waals surface area contributed by atoms with Gasteiger partial charge in [0.2, 0.25) is 0 Å². The lowest BCUT2D eigenvalue weighted by Crippen LogP contribution is -2.16. The molecule has 1 N–H and O–H groups in total. The molecule has 0 saturated heterocycles. The highest BCUT2D eigenvalue weighted by Crippen LogP contribution is 2.38. The Labute approximate surface area is 129 Å². The molecule has 0 spiro atoms. The Hall–Kier alpha value is -1.82. The lowest BCUT2D eigenvalue weighted by Gasteiger charge is -2.20. The summed E-state index contributed by atoms with van der Waals surface area (Å²) < 4.78 is 38.5. The summed E-state index contributed by atoms with van der Waals surface area (Å²) >= 11 is 3.42. The quantitative estimate of drug-likeness (QED) is 0.898. The van der Waals surface area contributed by atoms with Gasteiger partial charge in [0, 0.05) is 6.54 Å². The minimum atomic E-state index is -0.493. The largest absolute Gasteiger partial charge is 0.486 e. The van der Waals surface area contributed by atoms with Crippen LogP contribution in [0, 0.1) is 11.6 Å². The summed E-state index contributed by atoms with van der Waals surface area (Å²) in [4.78, 5) is 0. The highest BCUT2D eigenvalue weighted by Gasteiger charge is 2.16. The predicted molar refractivity (Wildman–Crippen MR) is 78.8 cm³/mol. The van der Waals surface area contributed by atoms with E-state index in [2.05, 4.69) is 21.2 Å². The van der Waals surface area contributed by atoms with Crippen LogP contribution in [0.1, 0.15) is 5.56 Å². The Balaban J connectivity index is 1.79. The van der Waals surface area contributed by atoms with Gasteiger partial charge in [0.15, 0.2) is 11.5 Å². The minimum Gasteiger partial charge on any atom is -0.486 e. The molecule has 0 saturated carbocycles. The van der Waals surface area contributed by atoms with Gasteiger partial charge in [-0.1, -0.05) is 0 Å². The van der Waals surface area contributed by atoms with Crippen LogP contribution in [-0.2, 0) is 6.54 Å². The third-order valence-electron chi connectivity index (χ3n) is 3.07. The van der Waals surface area contributed by atoms with Gasteiger partial charge in [-0.15, -0.1) is 0 Å². The smallest absolute Gasteiger partial charge is 0.175 e. The molecule has 1 heterocycles. The third kappa shape index (κ3) is 3.10. The standard InChI is InChI=1S/C15H12BrF2NO2/c16-11-5-9(6-14-15(11)21-4-3-20-14)8-19-13-7-10(17)1-2-12(13)18/h1-2,5-7,19H,3-4,8H2. The van der Waals surface area contributed by atoms with Crippen molar-refractivity contribution in [3.63, 3.8) is 0 Å². The van der Waals surface area contributed by atoms with E-state index in [1.807, 2.05) is 12.1 Å². The topological polar surface area (TPSA) is 30.5 Å². The van der Waals surface area contributed by atoms with Crippen LogP contribution in [0.15, 0.2) is 34.8 Å². The van der Waals surface area contributed by atoms with Crippen molar-refractivity contribution in [1.29, 1.82) is 0 Å². The Morgan fingerprint density at radius 3 is 2.76 bits per heavy atom. The summed E-state index contributed by atoms with van der Waals surface area (Å²) in [6.07, 6.45) is 0. The number of ether oxygens (including phenoxy) is 2.